The Labute approximate surface area is 82.4 Å². The van der Waals surface area contributed by atoms with Crippen LogP contribution in [0, 0.1) is 11.3 Å². The number of rotatable bonds is 2. The van der Waals surface area contributed by atoms with Gasteiger partial charge in [-0.05, 0) is 18.4 Å². The Morgan fingerprint density at radius 3 is 2.46 bits per heavy atom. The van der Waals surface area contributed by atoms with E-state index in [0.29, 0.717) is 5.56 Å². The number of hydrogen-bond donors (Lipinski definition) is 0. The van der Waals surface area contributed by atoms with Gasteiger partial charge in [-0.25, -0.2) is 0 Å². The monoisotopic (exact) mass is 195 g/mol. The van der Waals surface area contributed by atoms with Crippen molar-refractivity contribution in [3.05, 3.63) is 22.0 Å². The van der Waals surface area contributed by atoms with E-state index in [-0.39, 0.29) is 5.15 Å². The summed E-state index contributed by atoms with van der Waals surface area (Å²) in [6.07, 6.45) is 1.54. The van der Waals surface area contributed by atoms with E-state index >= 15 is 0 Å². The first-order valence-electron chi connectivity index (χ1n) is 4.18. The number of halogens is 1. The maximum atomic E-state index is 8.85. The second-order valence-corrected chi connectivity index (χ2v) is 2.97. The lowest BCUT2D eigenvalue weighted by molar-refractivity contribution is 0.873. The Morgan fingerprint density at radius 1 is 1.31 bits per heavy atom. The van der Waals surface area contributed by atoms with Crippen LogP contribution in [-0.2, 0) is 12.8 Å². The fraction of sp³-hybridized carbons (Fsp3) is 0.444. The van der Waals surface area contributed by atoms with E-state index in [9.17, 15) is 0 Å². The summed E-state index contributed by atoms with van der Waals surface area (Å²) in [7, 11) is 0. The predicted octanol–water partition coefficient (Wildman–Crippen LogP) is 2.13. The van der Waals surface area contributed by atoms with Crippen molar-refractivity contribution in [1.82, 2.24) is 10.2 Å². The SMILES string of the molecule is CCc1nnc(Cl)c(C#N)c1CC. The highest BCUT2D eigenvalue weighted by molar-refractivity contribution is 6.30. The predicted molar refractivity (Wildman–Crippen MR) is 50.5 cm³/mol. The van der Waals surface area contributed by atoms with Gasteiger partial charge in [-0.3, -0.25) is 0 Å². The molecule has 0 aliphatic heterocycles. The lowest BCUT2D eigenvalue weighted by Gasteiger charge is -2.05. The van der Waals surface area contributed by atoms with Crippen LogP contribution in [0.25, 0.3) is 0 Å². The van der Waals surface area contributed by atoms with Gasteiger partial charge >= 0.3 is 0 Å². The van der Waals surface area contributed by atoms with Crippen molar-refractivity contribution in [2.24, 2.45) is 0 Å². The molecular weight excluding hydrogens is 186 g/mol. The van der Waals surface area contributed by atoms with Gasteiger partial charge in [-0.15, -0.1) is 5.10 Å². The summed E-state index contributed by atoms with van der Waals surface area (Å²) in [4.78, 5) is 0. The first-order valence-corrected chi connectivity index (χ1v) is 4.56. The molecule has 0 spiro atoms. The maximum absolute atomic E-state index is 8.85. The van der Waals surface area contributed by atoms with Gasteiger partial charge in [-0.1, -0.05) is 25.4 Å². The van der Waals surface area contributed by atoms with Gasteiger partial charge < -0.3 is 0 Å². The van der Waals surface area contributed by atoms with Crippen molar-refractivity contribution in [3.8, 4) is 6.07 Å². The molecule has 3 nitrogen and oxygen atoms in total. The van der Waals surface area contributed by atoms with Gasteiger partial charge in [0.1, 0.15) is 6.07 Å². The maximum Gasteiger partial charge on any atom is 0.169 e. The molecule has 0 bridgehead atoms. The third-order valence-corrected chi connectivity index (χ3v) is 2.18. The van der Waals surface area contributed by atoms with Crippen molar-refractivity contribution in [1.29, 1.82) is 5.26 Å². The zero-order valence-corrected chi connectivity index (χ0v) is 8.39. The molecule has 1 aromatic rings. The van der Waals surface area contributed by atoms with Gasteiger partial charge in [-0.2, -0.15) is 10.4 Å². The first-order chi connectivity index (χ1) is 6.24. The second-order valence-electron chi connectivity index (χ2n) is 2.61. The highest BCUT2D eigenvalue weighted by Crippen LogP contribution is 2.19. The van der Waals surface area contributed by atoms with E-state index in [1.807, 2.05) is 13.8 Å². The average molecular weight is 196 g/mol. The largest absolute Gasteiger partial charge is 0.192 e. The second kappa shape index (κ2) is 4.20. The third kappa shape index (κ3) is 1.78. The lowest BCUT2D eigenvalue weighted by Crippen LogP contribution is -2.02. The zero-order chi connectivity index (χ0) is 9.84. The standard InChI is InChI=1S/C9H10ClN3/c1-3-6-7(5-11)9(10)13-12-8(6)4-2/h3-4H2,1-2H3. The van der Waals surface area contributed by atoms with E-state index in [2.05, 4.69) is 16.3 Å². The number of nitriles is 1. The van der Waals surface area contributed by atoms with Crippen LogP contribution in [0.4, 0.5) is 0 Å². The minimum Gasteiger partial charge on any atom is -0.192 e. The molecule has 0 radical (unpaired) electrons. The summed E-state index contributed by atoms with van der Waals surface area (Å²) < 4.78 is 0. The van der Waals surface area contributed by atoms with E-state index in [4.69, 9.17) is 16.9 Å². The van der Waals surface area contributed by atoms with Crippen molar-refractivity contribution in [2.45, 2.75) is 26.7 Å². The summed E-state index contributed by atoms with van der Waals surface area (Å²) >= 11 is 5.74. The molecule has 0 aliphatic rings. The Bertz CT molecular complexity index is 355. The van der Waals surface area contributed by atoms with Gasteiger partial charge in [0.2, 0.25) is 0 Å². The van der Waals surface area contributed by atoms with Crippen LogP contribution in [0.2, 0.25) is 5.15 Å². The van der Waals surface area contributed by atoms with Crippen LogP contribution >= 0.6 is 11.6 Å². The Balaban J connectivity index is 3.38. The molecule has 0 aromatic carbocycles. The Hall–Kier alpha value is -1.14. The average Bonchev–Trinajstić information content (AvgIpc) is 2.17. The van der Waals surface area contributed by atoms with Crippen molar-refractivity contribution in [3.63, 3.8) is 0 Å². The van der Waals surface area contributed by atoms with Crippen LogP contribution in [0.15, 0.2) is 0 Å². The molecule has 4 heteroatoms. The number of aromatic nitrogens is 2. The number of nitrogens with zero attached hydrogens (tertiary/aromatic N) is 3. The summed E-state index contributed by atoms with van der Waals surface area (Å²) in [5.74, 6) is 0. The van der Waals surface area contributed by atoms with E-state index in [1.54, 1.807) is 0 Å². The van der Waals surface area contributed by atoms with Gasteiger partial charge in [0.15, 0.2) is 5.15 Å². The molecule has 0 saturated carbocycles. The van der Waals surface area contributed by atoms with E-state index < -0.39 is 0 Å². The molecule has 0 atom stereocenters. The Morgan fingerprint density at radius 2 is 2.00 bits per heavy atom. The molecule has 0 aliphatic carbocycles. The topological polar surface area (TPSA) is 49.6 Å². The Kier molecular flexibility index (Phi) is 3.21. The molecule has 1 heterocycles. The highest BCUT2D eigenvalue weighted by atomic mass is 35.5. The molecule has 0 N–H and O–H groups in total. The van der Waals surface area contributed by atoms with Crippen molar-refractivity contribution < 1.29 is 0 Å². The summed E-state index contributed by atoms with van der Waals surface area (Å²) in [6, 6.07) is 2.06. The van der Waals surface area contributed by atoms with Gasteiger partial charge in [0.05, 0.1) is 11.3 Å². The molecular formula is C9H10ClN3. The summed E-state index contributed by atoms with van der Waals surface area (Å²) in [6.45, 7) is 3.96. The normalized spacial score (nSPS) is 9.69. The van der Waals surface area contributed by atoms with Crippen LogP contribution in [0.5, 0.6) is 0 Å². The van der Waals surface area contributed by atoms with Gasteiger partial charge in [0.25, 0.3) is 0 Å². The third-order valence-electron chi connectivity index (χ3n) is 1.92. The van der Waals surface area contributed by atoms with E-state index in [1.165, 1.54) is 0 Å². The molecule has 13 heavy (non-hydrogen) atoms. The van der Waals surface area contributed by atoms with Crippen molar-refractivity contribution in [2.75, 3.05) is 0 Å². The minimum absolute atomic E-state index is 0.205. The quantitative estimate of drug-likeness (QED) is 0.727. The van der Waals surface area contributed by atoms with Crippen LogP contribution in [0.3, 0.4) is 0 Å². The highest BCUT2D eigenvalue weighted by Gasteiger charge is 2.11. The molecule has 0 amide bonds. The summed E-state index contributed by atoms with van der Waals surface area (Å²) in [5.41, 5.74) is 2.25. The molecule has 0 saturated heterocycles. The first kappa shape index (κ1) is 9.94. The van der Waals surface area contributed by atoms with Gasteiger partial charge in [0, 0.05) is 0 Å². The van der Waals surface area contributed by atoms with Crippen LogP contribution in [0.1, 0.15) is 30.7 Å². The van der Waals surface area contributed by atoms with Crippen LogP contribution < -0.4 is 0 Å². The van der Waals surface area contributed by atoms with Crippen molar-refractivity contribution >= 4 is 11.6 Å². The minimum atomic E-state index is 0.205. The molecule has 0 fully saturated rings. The fourth-order valence-corrected chi connectivity index (χ4v) is 1.46. The lowest BCUT2D eigenvalue weighted by atomic mass is 10.1. The number of aryl methyl sites for hydroxylation is 1. The molecule has 1 rings (SSSR count). The van der Waals surface area contributed by atoms with E-state index in [0.717, 1.165) is 24.1 Å². The summed E-state index contributed by atoms with van der Waals surface area (Å²) in [5, 5.41) is 16.7. The molecule has 1 aromatic heterocycles. The smallest absolute Gasteiger partial charge is 0.169 e. The number of hydrogen-bond acceptors (Lipinski definition) is 3. The molecule has 68 valence electrons. The molecule has 0 unspecified atom stereocenters. The van der Waals surface area contributed by atoms with Crippen LogP contribution in [-0.4, -0.2) is 10.2 Å². The zero-order valence-electron chi connectivity index (χ0n) is 7.63. The fourth-order valence-electron chi connectivity index (χ4n) is 1.26.